The molecule has 0 aromatic heterocycles. The number of hydrogen-bond donors (Lipinski definition) is 1. The van der Waals surface area contributed by atoms with Gasteiger partial charge < -0.3 is 10.2 Å². The van der Waals surface area contributed by atoms with E-state index in [-0.39, 0.29) is 12.4 Å². The van der Waals surface area contributed by atoms with E-state index < -0.39 is 0 Å². The van der Waals surface area contributed by atoms with Gasteiger partial charge >= 0.3 is 0 Å². The smallest absolute Gasteiger partial charge is 0.222 e. The molecule has 1 N–H and O–H groups in total. The molecule has 1 aliphatic carbocycles. The third kappa shape index (κ3) is 4.61. The highest BCUT2D eigenvalue weighted by Crippen LogP contribution is 2.39. The molecule has 0 atom stereocenters. The molecule has 3 aliphatic rings. The minimum atomic E-state index is 0. The van der Waals surface area contributed by atoms with Crippen LogP contribution in [0, 0.1) is 11.3 Å². The maximum absolute atomic E-state index is 12.4. The van der Waals surface area contributed by atoms with Gasteiger partial charge in [-0.2, -0.15) is 0 Å². The maximum atomic E-state index is 12.4. The maximum Gasteiger partial charge on any atom is 0.222 e. The Balaban J connectivity index is 0.00000176. The first-order valence-electron chi connectivity index (χ1n) is 9.26. The fourth-order valence-electron chi connectivity index (χ4n) is 4.65. The molecule has 0 aromatic rings. The molecule has 4 heteroatoms. The lowest BCUT2D eigenvalue weighted by Crippen LogP contribution is -2.47. The van der Waals surface area contributed by atoms with Crippen LogP contribution in [0.5, 0.6) is 0 Å². The number of rotatable bonds is 3. The number of piperidine rings is 2. The summed E-state index contributed by atoms with van der Waals surface area (Å²) in [5.74, 6) is 1.27. The number of halogens is 1. The van der Waals surface area contributed by atoms with Crippen LogP contribution in [-0.4, -0.2) is 37.0 Å². The molecule has 2 saturated heterocycles. The SMILES string of the molecule is Cl.O=C(CCC1CCCCC1)N1CCC2(CCNCC2)CC1. The van der Waals surface area contributed by atoms with Gasteiger partial charge in [-0.3, -0.25) is 4.79 Å². The average molecular weight is 329 g/mol. The van der Waals surface area contributed by atoms with Crippen LogP contribution in [-0.2, 0) is 4.79 Å². The zero-order valence-corrected chi connectivity index (χ0v) is 14.8. The highest BCUT2D eigenvalue weighted by atomic mass is 35.5. The number of carbonyl (C=O) groups is 1. The third-order valence-corrected chi connectivity index (χ3v) is 6.33. The van der Waals surface area contributed by atoms with E-state index in [4.69, 9.17) is 0 Å². The first-order valence-corrected chi connectivity index (χ1v) is 9.26. The van der Waals surface area contributed by atoms with E-state index in [1.807, 2.05) is 0 Å². The van der Waals surface area contributed by atoms with Crippen molar-refractivity contribution in [2.24, 2.45) is 11.3 Å². The van der Waals surface area contributed by atoms with Gasteiger partial charge in [-0.25, -0.2) is 0 Å². The van der Waals surface area contributed by atoms with Crippen LogP contribution in [0.25, 0.3) is 0 Å². The number of likely N-dealkylation sites (tertiary alicyclic amines) is 1. The topological polar surface area (TPSA) is 32.3 Å². The van der Waals surface area contributed by atoms with Crippen molar-refractivity contribution in [1.29, 1.82) is 0 Å². The Morgan fingerprint density at radius 3 is 2.27 bits per heavy atom. The van der Waals surface area contributed by atoms with Crippen LogP contribution in [0.3, 0.4) is 0 Å². The molecule has 3 fully saturated rings. The first kappa shape index (κ1) is 18.1. The molecule has 2 heterocycles. The van der Waals surface area contributed by atoms with E-state index in [0.29, 0.717) is 11.3 Å². The molecule has 1 saturated carbocycles. The van der Waals surface area contributed by atoms with Crippen molar-refractivity contribution in [2.75, 3.05) is 26.2 Å². The number of hydrogen-bond acceptors (Lipinski definition) is 2. The van der Waals surface area contributed by atoms with Gasteiger partial charge in [-0.1, -0.05) is 32.1 Å². The largest absolute Gasteiger partial charge is 0.343 e. The van der Waals surface area contributed by atoms with Crippen LogP contribution >= 0.6 is 12.4 Å². The van der Waals surface area contributed by atoms with Crippen molar-refractivity contribution in [2.45, 2.75) is 70.6 Å². The Bertz CT molecular complexity index is 339. The van der Waals surface area contributed by atoms with Gasteiger partial charge in [0.1, 0.15) is 0 Å². The summed E-state index contributed by atoms with van der Waals surface area (Å²) in [5.41, 5.74) is 0.561. The monoisotopic (exact) mass is 328 g/mol. The standard InChI is InChI=1S/C18H32N2O.ClH/c21-17(7-6-16-4-2-1-3-5-16)20-14-10-18(11-15-20)8-12-19-13-9-18;/h16,19H,1-15H2;1H. The van der Waals surface area contributed by atoms with E-state index in [1.54, 1.807) is 0 Å². The molecule has 3 rings (SSSR count). The molecule has 0 bridgehead atoms. The van der Waals surface area contributed by atoms with Gasteiger partial charge in [0.15, 0.2) is 0 Å². The van der Waals surface area contributed by atoms with E-state index in [0.717, 1.165) is 31.8 Å². The van der Waals surface area contributed by atoms with Gasteiger partial charge in [0, 0.05) is 19.5 Å². The second-order valence-electron chi connectivity index (χ2n) is 7.67. The predicted octanol–water partition coefficient (Wildman–Crippen LogP) is 3.76. The van der Waals surface area contributed by atoms with Crippen molar-refractivity contribution < 1.29 is 4.79 Å². The van der Waals surface area contributed by atoms with Crippen LogP contribution in [0.2, 0.25) is 0 Å². The molecule has 0 unspecified atom stereocenters. The molecule has 0 radical (unpaired) electrons. The highest BCUT2D eigenvalue weighted by molar-refractivity contribution is 5.85. The molecule has 128 valence electrons. The zero-order chi connectivity index (χ0) is 14.5. The van der Waals surface area contributed by atoms with Gasteiger partial charge in [-0.15, -0.1) is 12.4 Å². The summed E-state index contributed by atoms with van der Waals surface area (Å²) in [6.07, 6.45) is 14.0. The van der Waals surface area contributed by atoms with Crippen molar-refractivity contribution >= 4 is 18.3 Å². The minimum Gasteiger partial charge on any atom is -0.343 e. The summed E-state index contributed by atoms with van der Waals surface area (Å²) in [5, 5.41) is 3.47. The lowest BCUT2D eigenvalue weighted by molar-refractivity contribution is -0.134. The predicted molar refractivity (Wildman–Crippen MR) is 93.4 cm³/mol. The Labute approximate surface area is 142 Å². The first-order chi connectivity index (χ1) is 10.3. The normalized spacial score (nSPS) is 25.7. The minimum absolute atomic E-state index is 0. The Morgan fingerprint density at radius 2 is 1.64 bits per heavy atom. The molecule has 0 aromatic carbocycles. The van der Waals surface area contributed by atoms with Crippen LogP contribution < -0.4 is 5.32 Å². The quantitative estimate of drug-likeness (QED) is 0.855. The average Bonchev–Trinajstić information content (AvgIpc) is 2.55. The number of nitrogens with zero attached hydrogens (tertiary/aromatic N) is 1. The number of carbonyl (C=O) groups excluding carboxylic acids is 1. The molecular formula is C18H33ClN2O. The van der Waals surface area contributed by atoms with Crippen molar-refractivity contribution in [1.82, 2.24) is 10.2 Å². The van der Waals surface area contributed by atoms with Gasteiger partial charge in [0.05, 0.1) is 0 Å². The van der Waals surface area contributed by atoms with Gasteiger partial charge in [-0.05, 0) is 56.5 Å². The molecule has 2 aliphatic heterocycles. The van der Waals surface area contributed by atoms with Crippen LogP contribution in [0.1, 0.15) is 70.6 Å². The molecule has 3 nitrogen and oxygen atoms in total. The van der Waals surface area contributed by atoms with Gasteiger partial charge in [0.2, 0.25) is 5.91 Å². The van der Waals surface area contributed by atoms with E-state index in [9.17, 15) is 4.79 Å². The fraction of sp³-hybridized carbons (Fsp3) is 0.944. The lowest BCUT2D eigenvalue weighted by atomic mass is 9.71. The van der Waals surface area contributed by atoms with Crippen molar-refractivity contribution in [3.8, 4) is 0 Å². The van der Waals surface area contributed by atoms with Crippen LogP contribution in [0.4, 0.5) is 0 Å². The Kier molecular flexibility index (Phi) is 7.01. The summed E-state index contributed by atoms with van der Waals surface area (Å²) in [7, 11) is 0. The second kappa shape index (κ2) is 8.54. The highest BCUT2D eigenvalue weighted by Gasteiger charge is 2.36. The van der Waals surface area contributed by atoms with E-state index >= 15 is 0 Å². The van der Waals surface area contributed by atoms with Crippen LogP contribution in [0.15, 0.2) is 0 Å². The van der Waals surface area contributed by atoms with Crippen molar-refractivity contribution in [3.05, 3.63) is 0 Å². The molecule has 1 spiro atoms. The third-order valence-electron chi connectivity index (χ3n) is 6.33. The Morgan fingerprint density at radius 1 is 1.00 bits per heavy atom. The molecular weight excluding hydrogens is 296 g/mol. The summed E-state index contributed by atoms with van der Waals surface area (Å²) in [6, 6.07) is 0. The molecule has 22 heavy (non-hydrogen) atoms. The fourth-order valence-corrected chi connectivity index (χ4v) is 4.65. The summed E-state index contributed by atoms with van der Waals surface area (Å²) in [6.45, 7) is 4.39. The van der Waals surface area contributed by atoms with Crippen molar-refractivity contribution in [3.63, 3.8) is 0 Å². The zero-order valence-electron chi connectivity index (χ0n) is 13.9. The lowest BCUT2D eigenvalue weighted by Gasteiger charge is -2.44. The van der Waals surface area contributed by atoms with Gasteiger partial charge in [0.25, 0.3) is 0 Å². The number of amides is 1. The second-order valence-corrected chi connectivity index (χ2v) is 7.67. The summed E-state index contributed by atoms with van der Waals surface area (Å²) in [4.78, 5) is 14.6. The number of nitrogens with one attached hydrogen (secondary N) is 1. The van der Waals surface area contributed by atoms with E-state index in [1.165, 1.54) is 70.9 Å². The summed E-state index contributed by atoms with van der Waals surface area (Å²) < 4.78 is 0. The Hall–Kier alpha value is -0.280. The summed E-state index contributed by atoms with van der Waals surface area (Å²) >= 11 is 0. The van der Waals surface area contributed by atoms with E-state index in [2.05, 4.69) is 10.2 Å². The molecule has 1 amide bonds.